The average Bonchev–Trinajstić information content (AvgIpc) is 2.75. The van der Waals surface area contributed by atoms with Crippen LogP contribution in [0.3, 0.4) is 0 Å². The molecule has 2 aromatic rings. The molecule has 3 rings (SSSR count). The van der Waals surface area contributed by atoms with Gasteiger partial charge in [0.2, 0.25) is 0 Å². The molecule has 0 aromatic carbocycles. The SMILES string of the molecule is C[C@H]1CCC[C@H](C)N1Cc1cn2ccc(Cl)cc2n1. The van der Waals surface area contributed by atoms with Crippen LogP contribution in [-0.2, 0) is 6.54 Å². The lowest BCUT2D eigenvalue weighted by molar-refractivity contribution is 0.0940. The number of likely N-dealkylation sites (tertiary alicyclic amines) is 1. The lowest BCUT2D eigenvalue weighted by atomic mass is 9.97. The third-order valence-corrected chi connectivity index (χ3v) is 4.43. The summed E-state index contributed by atoms with van der Waals surface area (Å²) >= 11 is 6.00. The summed E-state index contributed by atoms with van der Waals surface area (Å²) in [4.78, 5) is 7.24. The van der Waals surface area contributed by atoms with Crippen molar-refractivity contribution in [3.63, 3.8) is 0 Å². The summed E-state index contributed by atoms with van der Waals surface area (Å²) in [5.41, 5.74) is 2.06. The van der Waals surface area contributed by atoms with Crippen LogP contribution in [0.4, 0.5) is 0 Å². The molecule has 0 saturated carbocycles. The zero-order chi connectivity index (χ0) is 13.4. The minimum absolute atomic E-state index is 0.650. The van der Waals surface area contributed by atoms with E-state index in [9.17, 15) is 0 Å². The second-order valence-corrected chi connectivity index (χ2v) is 6.08. The van der Waals surface area contributed by atoms with E-state index < -0.39 is 0 Å². The molecule has 4 heteroatoms. The van der Waals surface area contributed by atoms with Crippen molar-refractivity contribution in [2.75, 3.05) is 0 Å². The maximum atomic E-state index is 6.00. The third-order valence-electron chi connectivity index (χ3n) is 4.19. The van der Waals surface area contributed by atoms with Gasteiger partial charge in [-0.25, -0.2) is 4.98 Å². The Kier molecular flexibility index (Phi) is 3.50. The lowest BCUT2D eigenvalue weighted by Gasteiger charge is -2.38. The van der Waals surface area contributed by atoms with E-state index in [0.717, 1.165) is 22.9 Å². The molecule has 1 aliphatic heterocycles. The van der Waals surface area contributed by atoms with Crippen molar-refractivity contribution in [1.82, 2.24) is 14.3 Å². The fourth-order valence-electron chi connectivity index (χ4n) is 3.06. The lowest BCUT2D eigenvalue weighted by Crippen LogP contribution is -2.43. The monoisotopic (exact) mass is 277 g/mol. The maximum Gasteiger partial charge on any atom is 0.138 e. The van der Waals surface area contributed by atoms with Crippen molar-refractivity contribution in [2.45, 2.75) is 51.7 Å². The Labute approximate surface area is 119 Å². The van der Waals surface area contributed by atoms with Crippen LogP contribution >= 0.6 is 11.6 Å². The predicted molar refractivity (Wildman–Crippen MR) is 78.5 cm³/mol. The Morgan fingerprint density at radius 2 is 2.05 bits per heavy atom. The highest BCUT2D eigenvalue weighted by Gasteiger charge is 2.25. The minimum Gasteiger partial charge on any atom is -0.307 e. The van der Waals surface area contributed by atoms with Crippen LogP contribution in [0.5, 0.6) is 0 Å². The molecule has 0 spiro atoms. The van der Waals surface area contributed by atoms with Crippen molar-refractivity contribution < 1.29 is 0 Å². The van der Waals surface area contributed by atoms with E-state index in [2.05, 4.69) is 29.9 Å². The van der Waals surface area contributed by atoms with Gasteiger partial charge in [-0.2, -0.15) is 0 Å². The molecule has 3 nitrogen and oxygen atoms in total. The normalized spacial score (nSPS) is 25.0. The van der Waals surface area contributed by atoms with Crippen molar-refractivity contribution in [3.8, 4) is 0 Å². The Hall–Kier alpha value is -1.06. The standard InChI is InChI=1S/C15H20ClN3/c1-11-4-3-5-12(2)19(11)10-14-9-18-7-6-13(16)8-15(18)17-14/h6-9,11-12H,3-5,10H2,1-2H3/t11-,12-/m0/s1. The molecule has 3 heterocycles. The van der Waals surface area contributed by atoms with E-state index in [1.54, 1.807) is 0 Å². The first-order chi connectivity index (χ1) is 9.13. The van der Waals surface area contributed by atoms with Crippen molar-refractivity contribution in [2.24, 2.45) is 0 Å². The molecule has 0 unspecified atom stereocenters. The molecule has 0 aliphatic carbocycles. The number of piperidine rings is 1. The predicted octanol–water partition coefficient (Wildman–Crippen LogP) is 3.75. The molecule has 1 aliphatic rings. The smallest absolute Gasteiger partial charge is 0.138 e. The number of pyridine rings is 1. The van der Waals surface area contributed by atoms with Crippen LogP contribution in [0.25, 0.3) is 5.65 Å². The zero-order valence-corrected chi connectivity index (χ0v) is 12.3. The molecular formula is C15H20ClN3. The summed E-state index contributed by atoms with van der Waals surface area (Å²) in [7, 11) is 0. The van der Waals surface area contributed by atoms with Crippen molar-refractivity contribution >= 4 is 17.2 Å². The second kappa shape index (κ2) is 5.14. The van der Waals surface area contributed by atoms with E-state index in [-0.39, 0.29) is 0 Å². The zero-order valence-electron chi connectivity index (χ0n) is 11.5. The number of hydrogen-bond donors (Lipinski definition) is 0. The van der Waals surface area contributed by atoms with E-state index in [1.165, 1.54) is 19.3 Å². The third kappa shape index (κ3) is 2.63. The molecule has 0 bridgehead atoms. The topological polar surface area (TPSA) is 20.5 Å². The Morgan fingerprint density at radius 1 is 1.32 bits per heavy atom. The van der Waals surface area contributed by atoms with Crippen LogP contribution < -0.4 is 0 Å². The van der Waals surface area contributed by atoms with Crippen LogP contribution in [-0.4, -0.2) is 26.4 Å². The van der Waals surface area contributed by atoms with E-state index in [1.807, 2.05) is 22.7 Å². The number of fused-ring (bicyclic) bond motifs is 1. The highest BCUT2D eigenvalue weighted by molar-refractivity contribution is 6.30. The molecule has 2 aromatic heterocycles. The van der Waals surface area contributed by atoms with Gasteiger partial charge in [0.15, 0.2) is 0 Å². The van der Waals surface area contributed by atoms with Gasteiger partial charge in [0.1, 0.15) is 5.65 Å². The number of aromatic nitrogens is 2. The van der Waals surface area contributed by atoms with E-state index >= 15 is 0 Å². The molecule has 0 amide bonds. The molecule has 0 radical (unpaired) electrons. The Balaban J connectivity index is 1.84. The van der Waals surface area contributed by atoms with Gasteiger partial charge in [-0.1, -0.05) is 18.0 Å². The van der Waals surface area contributed by atoms with Crippen molar-refractivity contribution in [3.05, 3.63) is 35.2 Å². The summed E-state index contributed by atoms with van der Waals surface area (Å²) in [6.45, 7) is 5.58. The first kappa shape index (κ1) is 12.9. The molecule has 19 heavy (non-hydrogen) atoms. The van der Waals surface area contributed by atoms with E-state index in [0.29, 0.717) is 12.1 Å². The van der Waals surface area contributed by atoms with Crippen LogP contribution in [0.1, 0.15) is 38.8 Å². The number of halogens is 1. The summed E-state index contributed by atoms with van der Waals surface area (Å²) < 4.78 is 2.04. The number of rotatable bonds is 2. The molecule has 1 saturated heterocycles. The number of nitrogens with zero attached hydrogens (tertiary/aromatic N) is 3. The molecule has 1 fully saturated rings. The van der Waals surface area contributed by atoms with Crippen LogP contribution in [0.2, 0.25) is 5.02 Å². The number of hydrogen-bond acceptors (Lipinski definition) is 2. The van der Waals surface area contributed by atoms with Gasteiger partial charge in [0.25, 0.3) is 0 Å². The highest BCUT2D eigenvalue weighted by atomic mass is 35.5. The van der Waals surface area contributed by atoms with Gasteiger partial charge in [0, 0.05) is 36.0 Å². The Morgan fingerprint density at radius 3 is 2.79 bits per heavy atom. The fraction of sp³-hybridized carbons (Fsp3) is 0.533. The van der Waals surface area contributed by atoms with E-state index in [4.69, 9.17) is 11.6 Å². The summed E-state index contributed by atoms with van der Waals surface area (Å²) in [5.74, 6) is 0. The molecule has 102 valence electrons. The summed E-state index contributed by atoms with van der Waals surface area (Å²) in [6, 6.07) is 5.11. The average molecular weight is 278 g/mol. The summed E-state index contributed by atoms with van der Waals surface area (Å²) in [5, 5.41) is 0.740. The van der Waals surface area contributed by atoms with Crippen molar-refractivity contribution in [1.29, 1.82) is 0 Å². The Bertz CT molecular complexity index is 568. The van der Waals surface area contributed by atoms with Crippen LogP contribution in [0, 0.1) is 0 Å². The molecule has 2 atom stereocenters. The minimum atomic E-state index is 0.650. The highest BCUT2D eigenvalue weighted by Crippen LogP contribution is 2.24. The largest absolute Gasteiger partial charge is 0.307 e. The molecular weight excluding hydrogens is 258 g/mol. The van der Waals surface area contributed by atoms with Gasteiger partial charge in [-0.15, -0.1) is 0 Å². The first-order valence-electron chi connectivity index (χ1n) is 7.02. The fourth-order valence-corrected chi connectivity index (χ4v) is 3.21. The van der Waals surface area contributed by atoms with Gasteiger partial charge < -0.3 is 4.40 Å². The maximum absolute atomic E-state index is 6.00. The number of imidazole rings is 1. The first-order valence-corrected chi connectivity index (χ1v) is 7.40. The molecule has 0 N–H and O–H groups in total. The van der Waals surface area contributed by atoms with Gasteiger partial charge in [-0.3, -0.25) is 4.90 Å². The van der Waals surface area contributed by atoms with Gasteiger partial charge in [-0.05, 0) is 38.8 Å². The van der Waals surface area contributed by atoms with Gasteiger partial charge in [0.05, 0.1) is 5.69 Å². The van der Waals surface area contributed by atoms with Crippen LogP contribution in [0.15, 0.2) is 24.5 Å². The second-order valence-electron chi connectivity index (χ2n) is 5.64. The van der Waals surface area contributed by atoms with Gasteiger partial charge >= 0.3 is 0 Å². The summed E-state index contributed by atoms with van der Waals surface area (Å²) in [6.07, 6.45) is 8.02. The quantitative estimate of drug-likeness (QED) is 0.833.